The fourth-order valence-electron chi connectivity index (χ4n) is 1.73. The zero-order chi connectivity index (χ0) is 13.8. The number of aliphatic hydroxyl groups is 1. The molecule has 0 fully saturated rings. The molecule has 0 radical (unpaired) electrons. The Morgan fingerprint density at radius 3 is 2.89 bits per heavy atom. The molecule has 0 aliphatic heterocycles. The smallest absolute Gasteiger partial charge is 0.216 e. The van der Waals surface area contributed by atoms with Crippen molar-refractivity contribution in [3.8, 4) is 5.88 Å². The zero-order valence-electron chi connectivity index (χ0n) is 10.2. The lowest BCUT2D eigenvalue weighted by molar-refractivity contribution is 0.172. The summed E-state index contributed by atoms with van der Waals surface area (Å²) >= 11 is 5.89. The van der Waals surface area contributed by atoms with Crippen LogP contribution in [0.4, 0.5) is 4.39 Å². The van der Waals surface area contributed by atoms with E-state index in [9.17, 15) is 9.50 Å². The van der Waals surface area contributed by atoms with Gasteiger partial charge in [0, 0.05) is 23.1 Å². The average molecular weight is 283 g/mol. The molecule has 1 N–H and O–H groups in total. The first-order valence-electron chi connectivity index (χ1n) is 5.58. The summed E-state index contributed by atoms with van der Waals surface area (Å²) in [6, 6.07) is 5.86. The largest absolute Gasteiger partial charge is 0.481 e. The normalized spacial score (nSPS) is 12.2. The number of halogens is 2. The maximum atomic E-state index is 13.6. The molecule has 1 aromatic heterocycles. The van der Waals surface area contributed by atoms with Crippen LogP contribution in [0, 0.1) is 5.82 Å². The van der Waals surface area contributed by atoms with Crippen molar-refractivity contribution < 1.29 is 14.2 Å². The van der Waals surface area contributed by atoms with Crippen LogP contribution in [0.25, 0.3) is 0 Å². The molecule has 2 rings (SSSR count). The van der Waals surface area contributed by atoms with Crippen molar-refractivity contribution in [2.75, 3.05) is 7.11 Å². The number of hydrogen-bond donors (Lipinski definition) is 1. The molecule has 1 aromatic carbocycles. The predicted molar refractivity (Wildman–Crippen MR) is 68.7 cm³/mol. The molecule has 100 valence electrons. The Labute approximate surface area is 114 Å². The summed E-state index contributed by atoms with van der Waals surface area (Å²) < 4.78 is 18.6. The van der Waals surface area contributed by atoms with Crippen molar-refractivity contribution in [3.63, 3.8) is 0 Å². The summed E-state index contributed by atoms with van der Waals surface area (Å²) in [7, 11) is 1.48. The molecule has 1 atom stereocenters. The minimum Gasteiger partial charge on any atom is -0.481 e. The summed E-state index contributed by atoms with van der Waals surface area (Å²) in [4.78, 5) is 7.85. The van der Waals surface area contributed by atoms with Crippen molar-refractivity contribution >= 4 is 11.6 Å². The van der Waals surface area contributed by atoms with Gasteiger partial charge < -0.3 is 9.84 Å². The zero-order valence-corrected chi connectivity index (χ0v) is 10.9. The molecular weight excluding hydrogens is 271 g/mol. The third-order valence-electron chi connectivity index (χ3n) is 2.64. The van der Waals surface area contributed by atoms with Crippen LogP contribution in [0.15, 0.2) is 30.6 Å². The maximum Gasteiger partial charge on any atom is 0.216 e. The second-order valence-corrected chi connectivity index (χ2v) is 4.31. The van der Waals surface area contributed by atoms with E-state index in [0.717, 1.165) is 0 Å². The minimum atomic E-state index is -1.08. The van der Waals surface area contributed by atoms with Gasteiger partial charge >= 0.3 is 0 Å². The molecule has 0 saturated heterocycles. The molecule has 4 nitrogen and oxygen atoms in total. The topological polar surface area (TPSA) is 55.2 Å². The first kappa shape index (κ1) is 13.7. The lowest BCUT2D eigenvalue weighted by Gasteiger charge is -2.13. The molecule has 19 heavy (non-hydrogen) atoms. The first-order chi connectivity index (χ1) is 9.11. The van der Waals surface area contributed by atoms with E-state index < -0.39 is 11.9 Å². The van der Waals surface area contributed by atoms with Gasteiger partial charge in [-0.2, -0.15) is 0 Å². The number of aromatic nitrogens is 2. The van der Waals surface area contributed by atoms with Crippen molar-refractivity contribution in [2.24, 2.45) is 0 Å². The Bertz CT molecular complexity index is 560. The Morgan fingerprint density at radius 2 is 2.21 bits per heavy atom. The maximum absolute atomic E-state index is 13.6. The number of hydrogen-bond acceptors (Lipinski definition) is 4. The van der Waals surface area contributed by atoms with Crippen molar-refractivity contribution in [3.05, 3.63) is 52.7 Å². The number of rotatable bonds is 4. The molecule has 0 spiro atoms. The van der Waals surface area contributed by atoms with E-state index in [1.165, 1.54) is 31.6 Å². The van der Waals surface area contributed by atoms with Crippen LogP contribution in [-0.4, -0.2) is 22.2 Å². The van der Waals surface area contributed by atoms with Gasteiger partial charge in [0.05, 0.1) is 18.9 Å². The monoisotopic (exact) mass is 282 g/mol. The van der Waals surface area contributed by atoms with Crippen LogP contribution in [0.5, 0.6) is 5.88 Å². The van der Waals surface area contributed by atoms with Gasteiger partial charge in [-0.05, 0) is 12.1 Å². The van der Waals surface area contributed by atoms with E-state index in [1.807, 2.05) is 0 Å². The molecular formula is C13H12ClFN2O2. The van der Waals surface area contributed by atoms with Gasteiger partial charge in [-0.25, -0.2) is 14.4 Å². The van der Waals surface area contributed by atoms with Crippen LogP contribution >= 0.6 is 11.6 Å². The lowest BCUT2D eigenvalue weighted by Crippen LogP contribution is -2.07. The fraction of sp³-hybridized carbons (Fsp3) is 0.231. The van der Waals surface area contributed by atoms with Crippen molar-refractivity contribution in [1.29, 1.82) is 0 Å². The van der Waals surface area contributed by atoms with Gasteiger partial charge in [0.1, 0.15) is 12.1 Å². The number of benzene rings is 1. The molecule has 6 heteroatoms. The molecule has 0 saturated carbocycles. The molecule has 0 aliphatic rings. The number of aliphatic hydroxyl groups excluding tert-OH is 1. The minimum absolute atomic E-state index is 0.0711. The van der Waals surface area contributed by atoms with E-state index in [-0.39, 0.29) is 17.0 Å². The highest BCUT2D eigenvalue weighted by atomic mass is 35.5. The fourth-order valence-corrected chi connectivity index (χ4v) is 2.02. The van der Waals surface area contributed by atoms with Gasteiger partial charge in [-0.15, -0.1) is 0 Å². The molecule has 0 amide bonds. The molecule has 2 aromatic rings. The van der Waals surface area contributed by atoms with Crippen LogP contribution in [0.2, 0.25) is 5.02 Å². The Kier molecular flexibility index (Phi) is 4.29. The Hall–Kier alpha value is -1.72. The SMILES string of the molecule is COc1cc(CC(O)c2c(F)cccc2Cl)ncn1. The van der Waals surface area contributed by atoms with Gasteiger partial charge in [-0.3, -0.25) is 0 Å². The van der Waals surface area contributed by atoms with Gasteiger partial charge in [0.2, 0.25) is 5.88 Å². The second-order valence-electron chi connectivity index (χ2n) is 3.91. The highest BCUT2D eigenvalue weighted by Gasteiger charge is 2.17. The average Bonchev–Trinajstić information content (AvgIpc) is 2.38. The van der Waals surface area contributed by atoms with Gasteiger partial charge in [0.25, 0.3) is 0 Å². The van der Waals surface area contributed by atoms with Crippen molar-refractivity contribution in [1.82, 2.24) is 9.97 Å². The second kappa shape index (κ2) is 5.95. The summed E-state index contributed by atoms with van der Waals surface area (Å²) in [5.74, 6) is -0.155. The van der Waals surface area contributed by atoms with Crippen LogP contribution in [0.1, 0.15) is 17.4 Å². The van der Waals surface area contributed by atoms with E-state index in [4.69, 9.17) is 16.3 Å². The Morgan fingerprint density at radius 1 is 1.42 bits per heavy atom. The highest BCUT2D eigenvalue weighted by Crippen LogP contribution is 2.28. The van der Waals surface area contributed by atoms with Crippen LogP contribution in [-0.2, 0) is 6.42 Å². The third-order valence-corrected chi connectivity index (χ3v) is 2.97. The first-order valence-corrected chi connectivity index (χ1v) is 5.96. The quantitative estimate of drug-likeness (QED) is 0.936. The molecule has 1 heterocycles. The molecule has 0 bridgehead atoms. The summed E-state index contributed by atoms with van der Waals surface area (Å²) in [6.45, 7) is 0. The summed E-state index contributed by atoms with van der Waals surface area (Å²) in [5.41, 5.74) is 0.611. The standard InChI is InChI=1S/C13H12ClFN2O2/c1-19-12-6-8(16-7-17-12)5-11(18)13-9(14)3-2-4-10(13)15/h2-4,6-7,11,18H,5H2,1H3. The molecule has 1 unspecified atom stereocenters. The number of nitrogens with zero attached hydrogens (tertiary/aromatic N) is 2. The van der Waals surface area contributed by atoms with E-state index >= 15 is 0 Å². The van der Waals surface area contributed by atoms with Gasteiger partial charge in [-0.1, -0.05) is 17.7 Å². The number of methoxy groups -OCH3 is 1. The van der Waals surface area contributed by atoms with E-state index in [2.05, 4.69) is 9.97 Å². The lowest BCUT2D eigenvalue weighted by atomic mass is 10.0. The Balaban J connectivity index is 2.23. The predicted octanol–water partition coefficient (Wildman–Crippen LogP) is 2.55. The van der Waals surface area contributed by atoms with Crippen molar-refractivity contribution in [2.45, 2.75) is 12.5 Å². The highest BCUT2D eigenvalue weighted by molar-refractivity contribution is 6.31. The summed E-state index contributed by atoms with van der Waals surface area (Å²) in [5, 5.41) is 10.3. The number of ether oxygens (including phenoxy) is 1. The van der Waals surface area contributed by atoms with Crippen LogP contribution < -0.4 is 4.74 Å². The van der Waals surface area contributed by atoms with Crippen LogP contribution in [0.3, 0.4) is 0 Å². The third kappa shape index (κ3) is 3.19. The summed E-state index contributed by atoms with van der Waals surface area (Å²) in [6.07, 6.45) is 0.372. The van der Waals surface area contributed by atoms with Gasteiger partial charge in [0.15, 0.2) is 0 Å². The van der Waals surface area contributed by atoms with E-state index in [1.54, 1.807) is 6.07 Å². The molecule has 0 aliphatic carbocycles. The van der Waals surface area contributed by atoms with E-state index in [0.29, 0.717) is 11.6 Å².